The number of carbonyl (C=O) groups is 2. The molecule has 0 unspecified atom stereocenters. The SMILES string of the molecule is COc1cc(-c2nccc(-c3cccc(-c4ccc5c(C=O)cn(C)c5n4)c3Cl)c2Cl)ccc1CN(C(=O)OC(C)(C)C)C1CCOCC1. The molecule has 3 aromatic heterocycles. The summed E-state index contributed by atoms with van der Waals surface area (Å²) in [7, 11) is 3.46. The van der Waals surface area contributed by atoms with E-state index in [-0.39, 0.29) is 12.1 Å². The Morgan fingerprint density at radius 3 is 2.49 bits per heavy atom. The van der Waals surface area contributed by atoms with Crippen LogP contribution in [0.5, 0.6) is 5.75 Å². The molecule has 0 aliphatic carbocycles. The Labute approximate surface area is 295 Å². The van der Waals surface area contributed by atoms with E-state index in [0.29, 0.717) is 63.7 Å². The zero-order valence-electron chi connectivity index (χ0n) is 28.1. The van der Waals surface area contributed by atoms with Crippen molar-refractivity contribution in [3.05, 3.63) is 88.2 Å². The standard InChI is InChI=1S/C38H38Cl2N4O5/c1-38(2,3)49-37(46)44(26-14-17-48-18-15-26)21-24-10-9-23(19-32(24)47-5)35-34(40)29(13-16-41-35)28-7-6-8-30(33(28)39)31-12-11-27-25(22-45)20-43(4)36(27)42-31/h6-13,16,19-20,22,26H,14-15,17-18,21H2,1-5H3. The Hall–Kier alpha value is -4.44. The summed E-state index contributed by atoms with van der Waals surface area (Å²) in [5, 5.41) is 1.69. The molecule has 0 atom stereocenters. The monoisotopic (exact) mass is 700 g/mol. The fourth-order valence-corrected chi connectivity index (χ4v) is 6.83. The van der Waals surface area contributed by atoms with E-state index in [1.54, 1.807) is 24.4 Å². The second kappa shape index (κ2) is 14.2. The summed E-state index contributed by atoms with van der Waals surface area (Å²) in [6.45, 7) is 7.08. The van der Waals surface area contributed by atoms with Crippen molar-refractivity contribution >= 4 is 46.6 Å². The Kier molecular flexibility index (Phi) is 9.97. The van der Waals surface area contributed by atoms with Gasteiger partial charge in [-0.1, -0.05) is 53.5 Å². The minimum atomic E-state index is -0.628. The number of halogens is 2. The zero-order valence-corrected chi connectivity index (χ0v) is 29.6. The van der Waals surface area contributed by atoms with Gasteiger partial charge in [-0.3, -0.25) is 9.78 Å². The molecule has 2 aromatic carbocycles. The topological polar surface area (TPSA) is 95.8 Å². The molecule has 5 aromatic rings. The Morgan fingerprint density at radius 2 is 1.78 bits per heavy atom. The summed E-state index contributed by atoms with van der Waals surface area (Å²) in [5.74, 6) is 0.598. The predicted octanol–water partition coefficient (Wildman–Crippen LogP) is 9.01. The number of hydrogen-bond donors (Lipinski definition) is 0. The van der Waals surface area contributed by atoms with Crippen LogP contribution in [0.1, 0.15) is 49.5 Å². The highest BCUT2D eigenvalue weighted by atomic mass is 35.5. The number of carbonyl (C=O) groups excluding carboxylic acids is 2. The first kappa shape index (κ1) is 34.4. The molecule has 6 rings (SSSR count). The maximum absolute atomic E-state index is 13.4. The van der Waals surface area contributed by atoms with Crippen LogP contribution in [-0.4, -0.2) is 63.8 Å². The number of rotatable bonds is 8. The molecule has 0 bridgehead atoms. The maximum Gasteiger partial charge on any atom is 0.410 e. The van der Waals surface area contributed by atoms with Crippen LogP contribution in [-0.2, 0) is 23.1 Å². The number of aromatic nitrogens is 3. The zero-order chi connectivity index (χ0) is 34.9. The van der Waals surface area contributed by atoms with Crippen molar-refractivity contribution in [2.45, 2.75) is 51.8 Å². The van der Waals surface area contributed by atoms with Crippen molar-refractivity contribution in [3.8, 4) is 39.4 Å². The summed E-state index contributed by atoms with van der Waals surface area (Å²) in [6.07, 6.45) is 5.38. The Balaban J connectivity index is 1.33. The van der Waals surface area contributed by atoms with Crippen LogP contribution in [0.2, 0.25) is 10.0 Å². The van der Waals surface area contributed by atoms with E-state index in [1.165, 1.54) is 0 Å². The van der Waals surface area contributed by atoms with E-state index in [0.717, 1.165) is 46.8 Å². The molecule has 4 heterocycles. The number of ether oxygens (including phenoxy) is 3. The van der Waals surface area contributed by atoms with Gasteiger partial charge in [-0.15, -0.1) is 0 Å². The lowest BCUT2D eigenvalue weighted by atomic mass is 9.99. The average Bonchev–Trinajstić information content (AvgIpc) is 3.41. The number of nitrogens with zero attached hydrogens (tertiary/aromatic N) is 4. The predicted molar refractivity (Wildman–Crippen MR) is 192 cm³/mol. The average molecular weight is 702 g/mol. The second-order valence-electron chi connectivity index (χ2n) is 13.0. The van der Waals surface area contributed by atoms with Crippen molar-refractivity contribution in [3.63, 3.8) is 0 Å². The molecule has 0 radical (unpaired) electrons. The number of benzene rings is 2. The van der Waals surface area contributed by atoms with E-state index in [2.05, 4.69) is 4.98 Å². The second-order valence-corrected chi connectivity index (χ2v) is 13.8. The third kappa shape index (κ3) is 7.15. The normalized spacial score (nSPS) is 13.8. The molecule has 1 aliphatic heterocycles. The molecule has 1 aliphatic rings. The molecular formula is C38H38Cl2N4O5. The van der Waals surface area contributed by atoms with E-state index < -0.39 is 5.60 Å². The van der Waals surface area contributed by atoms with Gasteiger partial charge in [0, 0.05) is 77.5 Å². The van der Waals surface area contributed by atoms with Crippen LogP contribution in [0.25, 0.3) is 44.7 Å². The fraction of sp³-hybridized carbons (Fsp3) is 0.316. The fourth-order valence-electron chi connectivity index (χ4n) is 6.18. The summed E-state index contributed by atoms with van der Waals surface area (Å²) in [6, 6.07) is 17.0. The van der Waals surface area contributed by atoms with Gasteiger partial charge in [0.15, 0.2) is 6.29 Å². The highest BCUT2D eigenvalue weighted by Gasteiger charge is 2.31. The molecule has 1 fully saturated rings. The first-order valence-corrected chi connectivity index (χ1v) is 16.8. The third-order valence-electron chi connectivity index (χ3n) is 8.59. The van der Waals surface area contributed by atoms with Crippen molar-refractivity contribution in [2.75, 3.05) is 20.3 Å². The minimum Gasteiger partial charge on any atom is -0.496 e. The number of aryl methyl sites for hydroxylation is 1. The molecule has 0 spiro atoms. The number of hydrogen-bond acceptors (Lipinski definition) is 7. The lowest BCUT2D eigenvalue weighted by molar-refractivity contribution is -0.00822. The molecule has 0 saturated carbocycles. The van der Waals surface area contributed by atoms with E-state index in [4.69, 9.17) is 42.4 Å². The number of fused-ring (bicyclic) bond motifs is 1. The van der Waals surface area contributed by atoms with Gasteiger partial charge >= 0.3 is 6.09 Å². The highest BCUT2D eigenvalue weighted by Crippen LogP contribution is 2.42. The smallest absolute Gasteiger partial charge is 0.410 e. The number of pyridine rings is 2. The quantitative estimate of drug-likeness (QED) is 0.149. The summed E-state index contributed by atoms with van der Waals surface area (Å²) in [5.41, 5.74) is 5.61. The summed E-state index contributed by atoms with van der Waals surface area (Å²) < 4.78 is 19.0. The van der Waals surface area contributed by atoms with Gasteiger partial charge in [-0.2, -0.15) is 0 Å². The van der Waals surface area contributed by atoms with Crippen LogP contribution >= 0.6 is 23.2 Å². The van der Waals surface area contributed by atoms with Crippen molar-refractivity contribution in [2.24, 2.45) is 7.05 Å². The van der Waals surface area contributed by atoms with Gasteiger partial charge in [0.25, 0.3) is 0 Å². The van der Waals surface area contributed by atoms with Crippen molar-refractivity contribution in [1.82, 2.24) is 19.4 Å². The molecule has 0 N–H and O–H groups in total. The molecule has 11 heteroatoms. The minimum absolute atomic E-state index is 0.0142. The van der Waals surface area contributed by atoms with Gasteiger partial charge in [-0.05, 0) is 57.9 Å². The molecule has 1 amide bonds. The largest absolute Gasteiger partial charge is 0.496 e. The first-order chi connectivity index (χ1) is 23.5. The van der Waals surface area contributed by atoms with Gasteiger partial charge in [0.2, 0.25) is 0 Å². The Morgan fingerprint density at radius 1 is 1.04 bits per heavy atom. The van der Waals surface area contributed by atoms with Crippen LogP contribution in [0.4, 0.5) is 4.79 Å². The van der Waals surface area contributed by atoms with Crippen molar-refractivity contribution in [1.29, 1.82) is 0 Å². The summed E-state index contributed by atoms with van der Waals surface area (Å²) >= 11 is 14.2. The van der Waals surface area contributed by atoms with Crippen LogP contribution < -0.4 is 4.74 Å². The van der Waals surface area contributed by atoms with Gasteiger partial charge in [0.05, 0.1) is 35.1 Å². The lowest BCUT2D eigenvalue weighted by Crippen LogP contribution is -2.45. The molecule has 9 nitrogen and oxygen atoms in total. The first-order valence-electron chi connectivity index (χ1n) is 16.1. The van der Waals surface area contributed by atoms with Crippen LogP contribution in [0.15, 0.2) is 67.0 Å². The van der Waals surface area contributed by atoms with Crippen LogP contribution in [0.3, 0.4) is 0 Å². The maximum atomic E-state index is 13.4. The van der Waals surface area contributed by atoms with Gasteiger partial charge in [0.1, 0.15) is 17.0 Å². The van der Waals surface area contributed by atoms with E-state index in [1.807, 2.05) is 87.0 Å². The number of methoxy groups -OCH3 is 1. The summed E-state index contributed by atoms with van der Waals surface area (Å²) in [4.78, 5) is 36.1. The van der Waals surface area contributed by atoms with Crippen molar-refractivity contribution < 1.29 is 23.8 Å². The molecule has 1 saturated heterocycles. The lowest BCUT2D eigenvalue weighted by Gasteiger charge is -2.35. The van der Waals surface area contributed by atoms with Gasteiger partial charge in [-0.25, -0.2) is 9.78 Å². The van der Waals surface area contributed by atoms with Crippen LogP contribution in [0, 0.1) is 0 Å². The van der Waals surface area contributed by atoms with Gasteiger partial charge < -0.3 is 23.7 Å². The highest BCUT2D eigenvalue weighted by molar-refractivity contribution is 6.39. The number of aldehydes is 1. The third-order valence-corrected chi connectivity index (χ3v) is 9.38. The van der Waals surface area contributed by atoms with E-state index >= 15 is 0 Å². The molecule has 254 valence electrons. The number of amides is 1. The molecular weight excluding hydrogens is 663 g/mol. The van der Waals surface area contributed by atoms with E-state index in [9.17, 15) is 9.59 Å². The Bertz CT molecular complexity index is 2030. The molecule has 49 heavy (non-hydrogen) atoms.